The summed E-state index contributed by atoms with van der Waals surface area (Å²) in [5.74, 6) is 0.768. The summed E-state index contributed by atoms with van der Waals surface area (Å²) in [5.41, 5.74) is 1.53. The number of hydrogen-bond acceptors (Lipinski definition) is 1. The molecule has 1 aliphatic rings. The normalized spacial score (nSPS) is 26.3. The number of carbonyl (C=O) groups is 1. The van der Waals surface area contributed by atoms with Crippen molar-refractivity contribution < 1.29 is 4.79 Å². The molecule has 0 spiro atoms. The second kappa shape index (κ2) is 6.48. The van der Waals surface area contributed by atoms with Gasteiger partial charge in [0.15, 0.2) is 0 Å². The van der Waals surface area contributed by atoms with Gasteiger partial charge in [0.05, 0.1) is 5.54 Å². The second-order valence-corrected chi connectivity index (χ2v) is 7.01. The predicted octanol–water partition coefficient (Wildman–Crippen LogP) is 4.72. The molecule has 1 saturated carbocycles. The fourth-order valence-electron chi connectivity index (χ4n) is 2.80. The molecule has 1 fully saturated rings. The van der Waals surface area contributed by atoms with Crippen LogP contribution in [0.3, 0.4) is 0 Å². The molecule has 0 heterocycles. The maximum absolute atomic E-state index is 12.5. The van der Waals surface area contributed by atoms with Gasteiger partial charge < -0.3 is 5.32 Å². The zero-order valence-electron chi connectivity index (χ0n) is 12.0. The smallest absolute Gasteiger partial charge is 0.252 e. The number of benzene rings is 1. The number of rotatable bonds is 3. The van der Waals surface area contributed by atoms with Crippen molar-refractivity contribution in [2.75, 3.05) is 5.33 Å². The van der Waals surface area contributed by atoms with Crippen LogP contribution in [0.15, 0.2) is 18.2 Å². The molecule has 0 aliphatic heterocycles. The molecule has 0 unspecified atom stereocenters. The Morgan fingerprint density at radius 3 is 2.65 bits per heavy atom. The first kappa shape index (κ1) is 15.8. The van der Waals surface area contributed by atoms with Crippen molar-refractivity contribution in [2.45, 2.75) is 45.1 Å². The highest BCUT2D eigenvalue weighted by Gasteiger charge is 2.35. The monoisotopic (exact) mass is 357 g/mol. The number of alkyl halides is 1. The number of amides is 1. The second-order valence-electron chi connectivity index (χ2n) is 6.01. The van der Waals surface area contributed by atoms with Crippen LogP contribution in [-0.2, 0) is 0 Å². The zero-order chi connectivity index (χ0) is 14.8. The van der Waals surface area contributed by atoms with Gasteiger partial charge in [-0.1, -0.05) is 34.5 Å². The molecule has 0 atom stereocenters. The Balaban J connectivity index is 2.13. The van der Waals surface area contributed by atoms with E-state index in [0.29, 0.717) is 10.6 Å². The van der Waals surface area contributed by atoms with E-state index < -0.39 is 0 Å². The lowest BCUT2D eigenvalue weighted by Gasteiger charge is -2.39. The van der Waals surface area contributed by atoms with Gasteiger partial charge in [0, 0.05) is 15.9 Å². The van der Waals surface area contributed by atoms with Gasteiger partial charge in [-0.25, -0.2) is 0 Å². The first-order valence-electron chi connectivity index (χ1n) is 7.10. The molecule has 2 nitrogen and oxygen atoms in total. The highest BCUT2D eigenvalue weighted by atomic mass is 79.9. The highest BCUT2D eigenvalue weighted by molar-refractivity contribution is 9.09. The van der Waals surface area contributed by atoms with Gasteiger partial charge in [-0.2, -0.15) is 0 Å². The molecular weight excluding hydrogens is 338 g/mol. The first-order chi connectivity index (χ1) is 9.46. The first-order valence-corrected chi connectivity index (χ1v) is 8.60. The van der Waals surface area contributed by atoms with Gasteiger partial charge in [0.2, 0.25) is 0 Å². The van der Waals surface area contributed by atoms with Crippen LogP contribution < -0.4 is 5.32 Å². The van der Waals surface area contributed by atoms with Crippen LogP contribution in [0.5, 0.6) is 0 Å². The minimum Gasteiger partial charge on any atom is -0.346 e. The number of aryl methyl sites for hydroxylation is 1. The molecule has 4 heteroatoms. The molecule has 0 radical (unpaired) electrons. The number of carbonyl (C=O) groups excluding carboxylic acids is 1. The van der Waals surface area contributed by atoms with Crippen LogP contribution in [0.2, 0.25) is 5.02 Å². The van der Waals surface area contributed by atoms with Crippen LogP contribution >= 0.6 is 27.5 Å². The molecule has 0 bridgehead atoms. The number of nitrogens with one attached hydrogen (secondary N) is 1. The van der Waals surface area contributed by atoms with Crippen molar-refractivity contribution >= 4 is 33.4 Å². The topological polar surface area (TPSA) is 29.1 Å². The lowest BCUT2D eigenvalue weighted by molar-refractivity contribution is 0.0874. The van der Waals surface area contributed by atoms with Crippen LogP contribution in [0, 0.1) is 12.8 Å². The summed E-state index contributed by atoms with van der Waals surface area (Å²) >= 11 is 9.53. The Bertz CT molecular complexity index is 495. The van der Waals surface area contributed by atoms with E-state index in [0.717, 1.165) is 29.7 Å². The lowest BCUT2D eigenvalue weighted by Crippen LogP contribution is -2.52. The Hall–Kier alpha value is -0.540. The van der Waals surface area contributed by atoms with Gasteiger partial charge in [0.25, 0.3) is 5.91 Å². The van der Waals surface area contributed by atoms with Gasteiger partial charge in [-0.05, 0) is 62.3 Å². The van der Waals surface area contributed by atoms with E-state index in [-0.39, 0.29) is 11.4 Å². The molecule has 1 N–H and O–H groups in total. The Kier molecular flexibility index (Phi) is 5.14. The van der Waals surface area contributed by atoms with Crippen molar-refractivity contribution in [3.63, 3.8) is 0 Å². The average molecular weight is 359 g/mol. The quantitative estimate of drug-likeness (QED) is 0.778. The number of halogens is 2. The van der Waals surface area contributed by atoms with E-state index in [1.807, 2.05) is 13.0 Å². The third-order valence-corrected chi connectivity index (χ3v) is 5.61. The summed E-state index contributed by atoms with van der Waals surface area (Å²) in [4.78, 5) is 12.5. The van der Waals surface area contributed by atoms with Crippen molar-refractivity contribution in [1.82, 2.24) is 5.32 Å². The number of hydrogen-bond donors (Lipinski definition) is 1. The highest BCUT2D eigenvalue weighted by Crippen LogP contribution is 2.33. The van der Waals surface area contributed by atoms with Crippen LogP contribution in [0.25, 0.3) is 0 Å². The molecule has 1 aliphatic carbocycles. The van der Waals surface area contributed by atoms with E-state index in [1.165, 1.54) is 12.8 Å². The standard InChI is InChI=1S/C16H21BrClNO/c1-11-5-7-16(10-17,8-6-11)19-15(20)14-4-3-13(18)9-12(14)2/h3-4,9,11H,5-8,10H2,1-2H3,(H,19,20). The van der Waals surface area contributed by atoms with Crippen molar-refractivity contribution in [3.8, 4) is 0 Å². The van der Waals surface area contributed by atoms with E-state index >= 15 is 0 Å². The van der Waals surface area contributed by atoms with Crippen molar-refractivity contribution in [3.05, 3.63) is 34.3 Å². The Labute approximate surface area is 134 Å². The predicted molar refractivity (Wildman–Crippen MR) is 87.8 cm³/mol. The van der Waals surface area contributed by atoms with E-state index in [2.05, 4.69) is 28.2 Å². The van der Waals surface area contributed by atoms with E-state index in [1.54, 1.807) is 12.1 Å². The third kappa shape index (κ3) is 3.56. The maximum Gasteiger partial charge on any atom is 0.252 e. The van der Waals surface area contributed by atoms with Crippen LogP contribution in [-0.4, -0.2) is 16.8 Å². The molecule has 2 rings (SSSR count). The largest absolute Gasteiger partial charge is 0.346 e. The zero-order valence-corrected chi connectivity index (χ0v) is 14.4. The molecule has 0 aromatic heterocycles. The Morgan fingerprint density at radius 1 is 1.45 bits per heavy atom. The van der Waals surface area contributed by atoms with Gasteiger partial charge in [-0.15, -0.1) is 0 Å². The maximum atomic E-state index is 12.5. The third-order valence-electron chi connectivity index (χ3n) is 4.30. The van der Waals surface area contributed by atoms with Crippen molar-refractivity contribution in [1.29, 1.82) is 0 Å². The summed E-state index contributed by atoms with van der Waals surface area (Å²) in [6, 6.07) is 5.41. The molecule has 1 aromatic rings. The van der Waals surface area contributed by atoms with Gasteiger partial charge in [-0.3, -0.25) is 4.79 Å². The van der Waals surface area contributed by atoms with Crippen LogP contribution in [0.1, 0.15) is 48.5 Å². The fourth-order valence-corrected chi connectivity index (χ4v) is 3.72. The molecular formula is C16H21BrClNO. The molecule has 0 saturated heterocycles. The SMILES string of the molecule is Cc1cc(Cl)ccc1C(=O)NC1(CBr)CCC(C)CC1. The molecule has 20 heavy (non-hydrogen) atoms. The summed E-state index contributed by atoms with van der Waals surface area (Å²) in [6.45, 7) is 4.20. The minimum atomic E-state index is -0.102. The van der Waals surface area contributed by atoms with E-state index in [9.17, 15) is 4.79 Å². The fraction of sp³-hybridized carbons (Fsp3) is 0.562. The van der Waals surface area contributed by atoms with E-state index in [4.69, 9.17) is 11.6 Å². The summed E-state index contributed by atoms with van der Waals surface area (Å²) < 4.78 is 0. The summed E-state index contributed by atoms with van der Waals surface area (Å²) in [5, 5.41) is 4.73. The Morgan fingerprint density at radius 2 is 2.10 bits per heavy atom. The molecule has 110 valence electrons. The average Bonchev–Trinajstić information content (AvgIpc) is 2.41. The van der Waals surface area contributed by atoms with Gasteiger partial charge >= 0.3 is 0 Å². The summed E-state index contributed by atoms with van der Waals surface area (Å²) in [7, 11) is 0. The lowest BCUT2D eigenvalue weighted by atomic mass is 9.78. The van der Waals surface area contributed by atoms with Crippen molar-refractivity contribution in [2.24, 2.45) is 5.92 Å². The van der Waals surface area contributed by atoms with Gasteiger partial charge in [0.1, 0.15) is 0 Å². The summed E-state index contributed by atoms with van der Waals surface area (Å²) in [6.07, 6.45) is 4.42. The van der Waals surface area contributed by atoms with Crippen LogP contribution in [0.4, 0.5) is 0 Å². The minimum absolute atomic E-state index is 0.00756. The molecule has 1 amide bonds. The molecule has 1 aromatic carbocycles.